The highest BCUT2D eigenvalue weighted by Gasteiger charge is 2.21. The van der Waals surface area contributed by atoms with Crippen molar-refractivity contribution in [2.45, 2.75) is 45.1 Å². The second kappa shape index (κ2) is 7.51. The van der Waals surface area contributed by atoms with E-state index in [1.165, 1.54) is 31.8 Å². The lowest BCUT2D eigenvalue weighted by molar-refractivity contribution is -0.131. The molecule has 0 bridgehead atoms. The fraction of sp³-hybridized carbons (Fsp3) is 0.471. The average molecular weight is 308 g/mol. The Bertz CT molecular complexity index is 528. The van der Waals surface area contributed by atoms with Gasteiger partial charge in [0.05, 0.1) is 0 Å². The molecule has 1 fully saturated rings. The molecule has 2 rings (SSSR count). The second-order valence-corrected chi connectivity index (χ2v) is 5.92. The quantitative estimate of drug-likeness (QED) is 0.827. The van der Waals surface area contributed by atoms with Gasteiger partial charge in [-0.25, -0.2) is 4.79 Å². The number of hydrogen-bond donors (Lipinski definition) is 1. The van der Waals surface area contributed by atoms with Crippen molar-refractivity contribution in [3.05, 3.63) is 34.9 Å². The first-order chi connectivity index (χ1) is 10.1. The fourth-order valence-electron chi connectivity index (χ4n) is 2.99. The lowest BCUT2D eigenvalue weighted by atomic mass is 10.0. The van der Waals surface area contributed by atoms with Crippen LogP contribution in [0.25, 0.3) is 6.08 Å². The van der Waals surface area contributed by atoms with E-state index in [1.807, 2.05) is 18.2 Å². The first-order valence-corrected chi connectivity index (χ1v) is 7.97. The number of halogens is 1. The Morgan fingerprint density at radius 1 is 1.43 bits per heavy atom. The van der Waals surface area contributed by atoms with Crippen molar-refractivity contribution in [1.29, 1.82) is 0 Å². The van der Waals surface area contributed by atoms with Crippen molar-refractivity contribution in [3.8, 4) is 0 Å². The minimum atomic E-state index is -0.932. The molecule has 1 aromatic rings. The summed E-state index contributed by atoms with van der Waals surface area (Å²) in [7, 11) is 0. The molecule has 1 unspecified atom stereocenters. The number of nitrogens with zero attached hydrogens (tertiary/aromatic N) is 1. The molecule has 0 aliphatic carbocycles. The van der Waals surface area contributed by atoms with Gasteiger partial charge in [0, 0.05) is 29.4 Å². The monoisotopic (exact) mass is 307 g/mol. The van der Waals surface area contributed by atoms with Gasteiger partial charge in [-0.3, -0.25) is 0 Å². The molecule has 1 N–H and O–H groups in total. The number of rotatable bonds is 4. The third-order valence-corrected chi connectivity index (χ3v) is 4.29. The summed E-state index contributed by atoms with van der Waals surface area (Å²) < 4.78 is 0. The van der Waals surface area contributed by atoms with Crippen LogP contribution < -0.4 is 4.90 Å². The Morgan fingerprint density at radius 2 is 2.24 bits per heavy atom. The molecule has 1 aliphatic rings. The van der Waals surface area contributed by atoms with Gasteiger partial charge < -0.3 is 10.0 Å². The highest BCUT2D eigenvalue weighted by atomic mass is 35.5. The van der Waals surface area contributed by atoms with E-state index < -0.39 is 5.97 Å². The topological polar surface area (TPSA) is 40.5 Å². The number of hydrogen-bond acceptors (Lipinski definition) is 2. The van der Waals surface area contributed by atoms with Gasteiger partial charge in [-0.2, -0.15) is 0 Å². The van der Waals surface area contributed by atoms with Crippen LogP contribution in [-0.4, -0.2) is 23.7 Å². The van der Waals surface area contributed by atoms with Gasteiger partial charge in [0.15, 0.2) is 0 Å². The fourth-order valence-corrected chi connectivity index (χ4v) is 3.15. The molecule has 1 heterocycles. The third-order valence-electron chi connectivity index (χ3n) is 4.06. The van der Waals surface area contributed by atoms with Gasteiger partial charge in [0.25, 0.3) is 0 Å². The average Bonchev–Trinajstić information content (AvgIpc) is 2.70. The highest BCUT2D eigenvalue weighted by Crippen LogP contribution is 2.31. The van der Waals surface area contributed by atoms with E-state index in [-0.39, 0.29) is 0 Å². The van der Waals surface area contributed by atoms with Gasteiger partial charge in [-0.05, 0) is 43.0 Å². The number of carbonyl (C=O) groups is 1. The SMILES string of the molecule is CCC1CCCCCN1c1cc(Cl)ccc1/C=C/C(=O)O. The zero-order valence-electron chi connectivity index (χ0n) is 12.4. The summed E-state index contributed by atoms with van der Waals surface area (Å²) in [4.78, 5) is 13.2. The summed E-state index contributed by atoms with van der Waals surface area (Å²) >= 11 is 6.16. The highest BCUT2D eigenvalue weighted by molar-refractivity contribution is 6.31. The Morgan fingerprint density at radius 3 is 2.95 bits per heavy atom. The molecule has 1 atom stereocenters. The van der Waals surface area contributed by atoms with Gasteiger partial charge >= 0.3 is 5.97 Å². The van der Waals surface area contributed by atoms with Gasteiger partial charge in [-0.15, -0.1) is 0 Å². The van der Waals surface area contributed by atoms with E-state index in [0.29, 0.717) is 11.1 Å². The maximum Gasteiger partial charge on any atom is 0.328 e. The van der Waals surface area contributed by atoms with Gasteiger partial charge in [0.1, 0.15) is 0 Å². The van der Waals surface area contributed by atoms with Crippen molar-refractivity contribution in [2.24, 2.45) is 0 Å². The largest absolute Gasteiger partial charge is 0.478 e. The van der Waals surface area contributed by atoms with Crippen molar-refractivity contribution in [3.63, 3.8) is 0 Å². The van der Waals surface area contributed by atoms with Crippen LogP contribution in [0.4, 0.5) is 5.69 Å². The first-order valence-electron chi connectivity index (χ1n) is 7.59. The number of carboxylic acid groups (broad SMARTS) is 1. The molecule has 1 saturated heterocycles. The molecule has 21 heavy (non-hydrogen) atoms. The van der Waals surface area contributed by atoms with Crippen molar-refractivity contribution in [2.75, 3.05) is 11.4 Å². The molecular weight excluding hydrogens is 286 g/mol. The van der Waals surface area contributed by atoms with E-state index >= 15 is 0 Å². The predicted octanol–water partition coefficient (Wildman–Crippen LogP) is 4.60. The summed E-state index contributed by atoms with van der Waals surface area (Å²) in [5, 5.41) is 9.54. The molecule has 0 saturated carbocycles. The van der Waals surface area contributed by atoms with Crippen molar-refractivity contribution in [1.82, 2.24) is 0 Å². The summed E-state index contributed by atoms with van der Waals surface area (Å²) in [6.07, 6.45) is 8.81. The minimum Gasteiger partial charge on any atom is -0.478 e. The summed E-state index contributed by atoms with van der Waals surface area (Å²) in [6.45, 7) is 3.22. The molecule has 3 nitrogen and oxygen atoms in total. The van der Waals surface area contributed by atoms with Crippen LogP contribution in [0, 0.1) is 0 Å². The molecule has 114 valence electrons. The predicted molar refractivity (Wildman–Crippen MR) is 88.0 cm³/mol. The molecule has 1 aromatic carbocycles. The molecule has 0 aromatic heterocycles. The number of anilines is 1. The van der Waals surface area contributed by atoms with Crippen LogP contribution >= 0.6 is 11.6 Å². The van der Waals surface area contributed by atoms with Crippen LogP contribution in [0.1, 0.15) is 44.6 Å². The standard InChI is InChI=1S/C17H22ClNO2/c1-2-15-6-4-3-5-11-19(15)16-12-14(18)9-7-13(16)8-10-17(20)21/h7-10,12,15H,2-6,11H2,1H3,(H,20,21)/b10-8+. The molecule has 0 spiro atoms. The Balaban J connectivity index is 2.39. The molecule has 0 amide bonds. The lowest BCUT2D eigenvalue weighted by Crippen LogP contribution is -2.34. The number of benzene rings is 1. The summed E-state index contributed by atoms with van der Waals surface area (Å²) in [5.74, 6) is -0.932. The zero-order chi connectivity index (χ0) is 15.2. The molecular formula is C17H22ClNO2. The van der Waals surface area contributed by atoms with E-state index in [0.717, 1.165) is 24.2 Å². The summed E-state index contributed by atoms with van der Waals surface area (Å²) in [5.41, 5.74) is 1.97. The van der Waals surface area contributed by atoms with E-state index in [2.05, 4.69) is 11.8 Å². The van der Waals surface area contributed by atoms with E-state index in [9.17, 15) is 4.79 Å². The summed E-state index contributed by atoms with van der Waals surface area (Å²) in [6, 6.07) is 6.17. The zero-order valence-corrected chi connectivity index (χ0v) is 13.1. The van der Waals surface area contributed by atoms with Gasteiger partial charge in [-0.1, -0.05) is 37.4 Å². The lowest BCUT2D eigenvalue weighted by Gasteiger charge is -2.33. The van der Waals surface area contributed by atoms with Crippen LogP contribution in [-0.2, 0) is 4.79 Å². The molecule has 4 heteroatoms. The molecule has 1 aliphatic heterocycles. The van der Waals surface area contributed by atoms with E-state index in [1.54, 1.807) is 6.08 Å². The second-order valence-electron chi connectivity index (χ2n) is 5.48. The Labute approximate surface area is 131 Å². The van der Waals surface area contributed by atoms with Gasteiger partial charge in [0.2, 0.25) is 0 Å². The Hall–Kier alpha value is -1.48. The Kier molecular flexibility index (Phi) is 5.68. The normalized spacial score (nSPS) is 19.7. The van der Waals surface area contributed by atoms with Crippen LogP contribution in [0.3, 0.4) is 0 Å². The molecule has 0 radical (unpaired) electrons. The van der Waals surface area contributed by atoms with Crippen molar-refractivity contribution < 1.29 is 9.90 Å². The number of aliphatic carboxylic acids is 1. The van der Waals surface area contributed by atoms with Crippen LogP contribution in [0.5, 0.6) is 0 Å². The number of carboxylic acids is 1. The third kappa shape index (κ3) is 4.24. The van der Waals surface area contributed by atoms with Crippen LogP contribution in [0.2, 0.25) is 5.02 Å². The maximum absolute atomic E-state index is 10.8. The maximum atomic E-state index is 10.8. The van der Waals surface area contributed by atoms with E-state index in [4.69, 9.17) is 16.7 Å². The van der Waals surface area contributed by atoms with Crippen LogP contribution in [0.15, 0.2) is 24.3 Å². The first kappa shape index (κ1) is 15.9. The minimum absolute atomic E-state index is 0.503. The van der Waals surface area contributed by atoms with Crippen molar-refractivity contribution >= 4 is 29.3 Å². The smallest absolute Gasteiger partial charge is 0.328 e.